The van der Waals surface area contributed by atoms with E-state index in [1.807, 2.05) is 0 Å². The van der Waals surface area contributed by atoms with Gasteiger partial charge in [0.05, 0.1) is 5.92 Å². The first-order valence-corrected chi connectivity index (χ1v) is 7.75. The van der Waals surface area contributed by atoms with Gasteiger partial charge >= 0.3 is 5.97 Å². The van der Waals surface area contributed by atoms with Gasteiger partial charge in [-0.1, -0.05) is 30.7 Å². The molecule has 1 heterocycles. The highest BCUT2D eigenvalue weighted by atomic mass is 16.4. The molecule has 0 spiro atoms. The van der Waals surface area contributed by atoms with Crippen LogP contribution in [0.2, 0.25) is 0 Å². The van der Waals surface area contributed by atoms with Crippen LogP contribution in [0, 0.1) is 5.92 Å². The van der Waals surface area contributed by atoms with Crippen LogP contribution >= 0.6 is 0 Å². The lowest BCUT2D eigenvalue weighted by molar-refractivity contribution is -0.142. The van der Waals surface area contributed by atoms with Crippen molar-refractivity contribution in [2.24, 2.45) is 5.92 Å². The number of likely N-dealkylation sites (tertiary alicyclic amines) is 1. The summed E-state index contributed by atoms with van der Waals surface area (Å²) < 4.78 is 0. The molecule has 1 saturated heterocycles. The molecule has 0 saturated carbocycles. The molecule has 0 bridgehead atoms. The Bertz CT molecular complexity index is 500. The average Bonchev–Trinajstić information content (AvgIpc) is 2.70. The van der Waals surface area contributed by atoms with Gasteiger partial charge in [0.15, 0.2) is 0 Å². The molecular weight excluding hydrogens is 250 g/mol. The minimum atomic E-state index is -0.637. The highest BCUT2D eigenvalue weighted by Crippen LogP contribution is 2.39. The fourth-order valence-corrected chi connectivity index (χ4v) is 3.97. The minimum Gasteiger partial charge on any atom is -0.481 e. The van der Waals surface area contributed by atoms with Crippen molar-refractivity contribution in [3.05, 3.63) is 35.4 Å². The molecular formula is C17H23NO2. The van der Waals surface area contributed by atoms with Gasteiger partial charge < -0.3 is 5.11 Å². The first-order chi connectivity index (χ1) is 9.68. The number of carbonyl (C=O) groups is 1. The van der Waals surface area contributed by atoms with E-state index in [0.717, 1.165) is 25.8 Å². The number of fused-ring (bicyclic) bond motifs is 1. The third kappa shape index (κ3) is 2.35. The number of benzene rings is 1. The van der Waals surface area contributed by atoms with Gasteiger partial charge in [-0.2, -0.15) is 0 Å². The largest absolute Gasteiger partial charge is 0.481 e. The normalized spacial score (nSPS) is 30.8. The number of hydrogen-bond donors (Lipinski definition) is 1. The van der Waals surface area contributed by atoms with Crippen LogP contribution in [0.15, 0.2) is 24.3 Å². The number of carboxylic acid groups (broad SMARTS) is 1. The highest BCUT2D eigenvalue weighted by Gasteiger charge is 2.39. The third-order valence-electron chi connectivity index (χ3n) is 5.11. The van der Waals surface area contributed by atoms with Crippen LogP contribution in [-0.4, -0.2) is 28.6 Å². The zero-order chi connectivity index (χ0) is 14.1. The van der Waals surface area contributed by atoms with Gasteiger partial charge in [-0.15, -0.1) is 0 Å². The number of nitrogens with zero attached hydrogens (tertiary/aromatic N) is 1. The minimum absolute atomic E-state index is 0.142. The Morgan fingerprint density at radius 2 is 2.05 bits per heavy atom. The Balaban J connectivity index is 1.89. The second kappa shape index (κ2) is 5.57. The molecule has 1 aliphatic heterocycles. The Morgan fingerprint density at radius 1 is 1.25 bits per heavy atom. The van der Waals surface area contributed by atoms with Gasteiger partial charge in [0.25, 0.3) is 0 Å². The summed E-state index contributed by atoms with van der Waals surface area (Å²) in [6.45, 7) is 3.00. The molecule has 0 amide bonds. The maximum atomic E-state index is 11.3. The van der Waals surface area contributed by atoms with E-state index in [2.05, 4.69) is 36.1 Å². The van der Waals surface area contributed by atoms with E-state index < -0.39 is 5.97 Å². The Hall–Kier alpha value is -1.35. The van der Waals surface area contributed by atoms with Crippen molar-refractivity contribution in [3.63, 3.8) is 0 Å². The lowest BCUT2D eigenvalue weighted by Crippen LogP contribution is -2.36. The van der Waals surface area contributed by atoms with E-state index in [-0.39, 0.29) is 12.0 Å². The van der Waals surface area contributed by atoms with Gasteiger partial charge in [0, 0.05) is 12.1 Å². The van der Waals surface area contributed by atoms with Crippen molar-refractivity contribution in [3.8, 4) is 0 Å². The van der Waals surface area contributed by atoms with Gasteiger partial charge in [-0.3, -0.25) is 9.69 Å². The molecule has 0 aromatic heterocycles. The van der Waals surface area contributed by atoms with E-state index in [0.29, 0.717) is 6.04 Å². The molecule has 0 radical (unpaired) electrons. The first-order valence-electron chi connectivity index (χ1n) is 7.75. The molecule has 1 aliphatic carbocycles. The van der Waals surface area contributed by atoms with Crippen LogP contribution in [0.4, 0.5) is 0 Å². The molecule has 3 rings (SSSR count). The second-order valence-electron chi connectivity index (χ2n) is 6.17. The molecule has 3 atom stereocenters. The fourth-order valence-electron chi connectivity index (χ4n) is 3.97. The zero-order valence-corrected chi connectivity index (χ0v) is 12.1. The average molecular weight is 273 g/mol. The quantitative estimate of drug-likeness (QED) is 0.841. The van der Waals surface area contributed by atoms with Crippen molar-refractivity contribution in [2.45, 2.75) is 51.1 Å². The summed E-state index contributed by atoms with van der Waals surface area (Å²) in [6, 6.07) is 9.27. The Kier molecular flexibility index (Phi) is 3.79. The highest BCUT2D eigenvalue weighted by molar-refractivity contribution is 5.71. The molecule has 20 heavy (non-hydrogen) atoms. The second-order valence-corrected chi connectivity index (χ2v) is 6.17. The number of hydrogen-bond acceptors (Lipinski definition) is 2. The van der Waals surface area contributed by atoms with Gasteiger partial charge in [0.2, 0.25) is 0 Å². The van der Waals surface area contributed by atoms with Gasteiger partial charge in [0.1, 0.15) is 0 Å². The zero-order valence-electron chi connectivity index (χ0n) is 12.1. The third-order valence-corrected chi connectivity index (χ3v) is 5.11. The summed E-state index contributed by atoms with van der Waals surface area (Å²) >= 11 is 0. The van der Waals surface area contributed by atoms with Gasteiger partial charge in [-0.05, 0) is 50.3 Å². The molecule has 108 valence electrons. The van der Waals surface area contributed by atoms with Crippen LogP contribution in [0.1, 0.15) is 49.8 Å². The van der Waals surface area contributed by atoms with Crippen molar-refractivity contribution < 1.29 is 9.90 Å². The fraction of sp³-hybridized carbons (Fsp3) is 0.588. The maximum Gasteiger partial charge on any atom is 0.308 e. The molecule has 1 N–H and O–H groups in total. The molecule has 2 aliphatic rings. The lowest BCUT2D eigenvalue weighted by Gasteiger charge is -2.33. The summed E-state index contributed by atoms with van der Waals surface area (Å²) in [6.07, 6.45) is 5.60. The summed E-state index contributed by atoms with van der Waals surface area (Å²) in [5.74, 6) is -0.840. The van der Waals surface area contributed by atoms with E-state index in [4.69, 9.17) is 0 Å². The summed E-state index contributed by atoms with van der Waals surface area (Å²) in [7, 11) is 0. The number of aliphatic carboxylic acids is 1. The van der Waals surface area contributed by atoms with Gasteiger partial charge in [-0.25, -0.2) is 0 Å². The van der Waals surface area contributed by atoms with E-state index in [1.54, 1.807) is 0 Å². The number of carboxylic acids is 1. The van der Waals surface area contributed by atoms with E-state index in [9.17, 15) is 9.90 Å². The lowest BCUT2D eigenvalue weighted by atomic mass is 9.96. The van der Waals surface area contributed by atoms with E-state index in [1.165, 1.54) is 24.0 Å². The predicted molar refractivity (Wildman–Crippen MR) is 78.6 cm³/mol. The van der Waals surface area contributed by atoms with Crippen molar-refractivity contribution >= 4 is 5.97 Å². The van der Waals surface area contributed by atoms with Crippen molar-refractivity contribution in [1.29, 1.82) is 0 Å². The van der Waals surface area contributed by atoms with Crippen LogP contribution < -0.4 is 0 Å². The SMILES string of the molecule is CC1C(C(=O)O)CCN1C1CCCCc2ccccc21. The molecule has 1 fully saturated rings. The monoisotopic (exact) mass is 273 g/mol. The standard InChI is InChI=1S/C17H23NO2/c1-12-14(17(19)20)10-11-18(12)16-9-5-3-7-13-6-2-4-8-15(13)16/h2,4,6,8,12,14,16H,3,5,7,9-11H2,1H3,(H,19,20). The molecule has 3 heteroatoms. The van der Waals surface area contributed by atoms with E-state index >= 15 is 0 Å². The van der Waals surface area contributed by atoms with Crippen LogP contribution in [-0.2, 0) is 11.2 Å². The summed E-state index contributed by atoms with van der Waals surface area (Å²) in [5.41, 5.74) is 2.89. The topological polar surface area (TPSA) is 40.5 Å². The molecule has 3 nitrogen and oxygen atoms in total. The Labute approximate surface area is 120 Å². The smallest absolute Gasteiger partial charge is 0.308 e. The van der Waals surface area contributed by atoms with Crippen molar-refractivity contribution in [1.82, 2.24) is 4.90 Å². The molecule has 3 unspecified atom stereocenters. The Morgan fingerprint density at radius 3 is 2.80 bits per heavy atom. The van der Waals surface area contributed by atoms with Crippen LogP contribution in [0.25, 0.3) is 0 Å². The van der Waals surface area contributed by atoms with Crippen LogP contribution in [0.5, 0.6) is 0 Å². The van der Waals surface area contributed by atoms with Crippen LogP contribution in [0.3, 0.4) is 0 Å². The predicted octanol–water partition coefficient (Wildman–Crippen LogP) is 3.25. The summed E-state index contributed by atoms with van der Waals surface area (Å²) in [4.78, 5) is 13.8. The molecule has 1 aromatic rings. The summed E-state index contributed by atoms with van der Waals surface area (Å²) in [5, 5.41) is 9.32. The number of aryl methyl sites for hydroxylation is 1. The maximum absolute atomic E-state index is 11.3. The van der Waals surface area contributed by atoms with Crippen molar-refractivity contribution in [2.75, 3.05) is 6.54 Å². The molecule has 1 aromatic carbocycles. The number of rotatable bonds is 2. The first kappa shape index (κ1) is 13.6.